The van der Waals surface area contributed by atoms with Crippen LogP contribution in [0.2, 0.25) is 0 Å². The third-order valence-corrected chi connectivity index (χ3v) is 5.06. The van der Waals surface area contributed by atoms with E-state index < -0.39 is 80.9 Å². The first-order chi connectivity index (χ1) is 17.4. The summed E-state index contributed by atoms with van der Waals surface area (Å²) < 4.78 is 119. The van der Waals surface area contributed by atoms with Gasteiger partial charge in [0.25, 0.3) is 11.8 Å². The van der Waals surface area contributed by atoms with Gasteiger partial charge in [0.1, 0.15) is 0 Å². The van der Waals surface area contributed by atoms with Crippen molar-refractivity contribution >= 4 is 34.6 Å². The standard InChI is InChI=1S/C23H15F9N4O2/c24-21(25,26)14-7-10(19(37)35-11-2-5-17(33)15(8-11)22(27,28)29)1-4-13(14)20(38)36-12-3-6-18(34)16(9-12)23(30,31)32/h1-9H,33-34H2,(H,35,37)(H,36,38). The number of nitrogen functional groups attached to an aromatic ring is 2. The van der Waals surface area contributed by atoms with Crippen LogP contribution in [-0.2, 0) is 18.5 Å². The maximum Gasteiger partial charge on any atom is 0.418 e. The van der Waals surface area contributed by atoms with E-state index in [-0.39, 0.29) is 6.07 Å². The lowest BCUT2D eigenvalue weighted by atomic mass is 10.0. The molecule has 6 N–H and O–H groups in total. The van der Waals surface area contributed by atoms with Crippen LogP contribution in [0.15, 0.2) is 54.6 Å². The minimum absolute atomic E-state index is 0.274. The molecular weight excluding hydrogens is 535 g/mol. The van der Waals surface area contributed by atoms with E-state index >= 15 is 0 Å². The van der Waals surface area contributed by atoms with Crippen LogP contribution in [0, 0.1) is 0 Å². The number of hydrogen-bond donors (Lipinski definition) is 4. The second kappa shape index (κ2) is 9.79. The molecule has 0 aliphatic carbocycles. The largest absolute Gasteiger partial charge is 0.418 e. The zero-order valence-electron chi connectivity index (χ0n) is 18.6. The molecular formula is C23H15F9N4O2. The molecule has 0 atom stereocenters. The Labute approximate surface area is 207 Å². The minimum atomic E-state index is -5.20. The average Bonchev–Trinajstić information content (AvgIpc) is 2.79. The number of carbonyl (C=O) groups excluding carboxylic acids is 2. The SMILES string of the molecule is Nc1ccc(NC(=O)c2ccc(C(=O)Nc3ccc(N)c(C(F)(F)F)c3)c(C(F)(F)F)c2)cc1C(F)(F)F. The van der Waals surface area contributed by atoms with Gasteiger partial charge in [-0.3, -0.25) is 9.59 Å². The first-order valence-electron chi connectivity index (χ1n) is 10.2. The Bertz CT molecular complexity index is 1400. The number of amides is 2. The van der Waals surface area contributed by atoms with Gasteiger partial charge in [-0.15, -0.1) is 0 Å². The molecule has 15 heteroatoms. The quantitative estimate of drug-likeness (QED) is 0.222. The molecule has 3 rings (SSSR count). The van der Waals surface area contributed by atoms with Gasteiger partial charge < -0.3 is 22.1 Å². The summed E-state index contributed by atoms with van der Waals surface area (Å²) in [5.41, 5.74) is 2.33. The number of nitrogens with one attached hydrogen (secondary N) is 2. The van der Waals surface area contributed by atoms with Crippen molar-refractivity contribution in [2.75, 3.05) is 22.1 Å². The van der Waals surface area contributed by atoms with Crippen molar-refractivity contribution in [1.82, 2.24) is 0 Å². The maximum atomic E-state index is 13.7. The molecule has 38 heavy (non-hydrogen) atoms. The summed E-state index contributed by atoms with van der Waals surface area (Å²) in [6.07, 6.45) is -15.0. The number of carbonyl (C=O) groups is 2. The van der Waals surface area contributed by atoms with Crippen molar-refractivity contribution < 1.29 is 49.1 Å². The number of anilines is 4. The lowest BCUT2D eigenvalue weighted by Crippen LogP contribution is -2.21. The average molecular weight is 550 g/mol. The van der Waals surface area contributed by atoms with Crippen molar-refractivity contribution in [3.8, 4) is 0 Å². The molecule has 0 saturated carbocycles. The molecule has 0 fully saturated rings. The van der Waals surface area contributed by atoms with Crippen molar-refractivity contribution in [1.29, 1.82) is 0 Å². The Morgan fingerprint density at radius 2 is 0.974 bits per heavy atom. The summed E-state index contributed by atoms with van der Waals surface area (Å²) in [4.78, 5) is 25.0. The van der Waals surface area contributed by atoms with E-state index in [1.54, 1.807) is 0 Å². The summed E-state index contributed by atoms with van der Waals surface area (Å²) in [6, 6.07) is 6.16. The van der Waals surface area contributed by atoms with Gasteiger partial charge in [-0.05, 0) is 54.6 Å². The highest BCUT2D eigenvalue weighted by atomic mass is 19.4. The van der Waals surface area contributed by atoms with Gasteiger partial charge in [0.2, 0.25) is 0 Å². The van der Waals surface area contributed by atoms with E-state index in [0.717, 1.165) is 30.3 Å². The summed E-state index contributed by atoms with van der Waals surface area (Å²) in [5.74, 6) is -2.69. The van der Waals surface area contributed by atoms with Crippen LogP contribution in [0.5, 0.6) is 0 Å². The van der Waals surface area contributed by atoms with Crippen LogP contribution in [0.3, 0.4) is 0 Å². The number of alkyl halides is 9. The molecule has 6 nitrogen and oxygen atoms in total. The van der Waals surface area contributed by atoms with Crippen LogP contribution in [-0.4, -0.2) is 11.8 Å². The Hall–Kier alpha value is -4.43. The lowest BCUT2D eigenvalue weighted by Gasteiger charge is -2.16. The fourth-order valence-corrected chi connectivity index (χ4v) is 3.28. The summed E-state index contributed by atoms with van der Waals surface area (Å²) in [6.45, 7) is 0. The zero-order valence-corrected chi connectivity index (χ0v) is 18.6. The van der Waals surface area contributed by atoms with Crippen LogP contribution in [0.1, 0.15) is 37.4 Å². The third-order valence-electron chi connectivity index (χ3n) is 5.06. The number of benzene rings is 3. The van der Waals surface area contributed by atoms with Crippen molar-refractivity contribution in [3.63, 3.8) is 0 Å². The number of nitrogens with two attached hydrogens (primary N) is 2. The highest BCUT2D eigenvalue weighted by Gasteiger charge is 2.37. The third kappa shape index (κ3) is 6.27. The smallest absolute Gasteiger partial charge is 0.398 e. The number of halogens is 9. The molecule has 0 radical (unpaired) electrons. The summed E-state index contributed by atoms with van der Waals surface area (Å²) in [5, 5.41) is 3.92. The first-order valence-corrected chi connectivity index (χ1v) is 10.2. The van der Waals surface area contributed by atoms with Crippen LogP contribution in [0.4, 0.5) is 62.3 Å². The molecule has 0 spiro atoms. The van der Waals surface area contributed by atoms with Gasteiger partial charge in [-0.2, -0.15) is 39.5 Å². The van der Waals surface area contributed by atoms with Crippen molar-refractivity contribution in [2.45, 2.75) is 18.5 Å². The molecule has 0 bridgehead atoms. The molecule has 0 aliphatic heterocycles. The Morgan fingerprint density at radius 1 is 0.553 bits per heavy atom. The lowest BCUT2D eigenvalue weighted by molar-refractivity contribution is -0.138. The van der Waals surface area contributed by atoms with E-state index in [0.29, 0.717) is 18.2 Å². The molecule has 0 saturated heterocycles. The number of hydrogen-bond acceptors (Lipinski definition) is 4. The molecule has 0 unspecified atom stereocenters. The second-order valence-corrected chi connectivity index (χ2v) is 7.77. The number of rotatable bonds is 4. The highest BCUT2D eigenvalue weighted by Crippen LogP contribution is 2.37. The Morgan fingerprint density at radius 3 is 1.39 bits per heavy atom. The van der Waals surface area contributed by atoms with Crippen molar-refractivity contribution in [2.24, 2.45) is 0 Å². The maximum absolute atomic E-state index is 13.7. The van der Waals surface area contributed by atoms with Crippen LogP contribution in [0.25, 0.3) is 0 Å². The monoisotopic (exact) mass is 550 g/mol. The second-order valence-electron chi connectivity index (χ2n) is 7.77. The van der Waals surface area contributed by atoms with Gasteiger partial charge >= 0.3 is 18.5 Å². The van der Waals surface area contributed by atoms with Crippen molar-refractivity contribution in [3.05, 3.63) is 82.4 Å². The predicted octanol–water partition coefficient (Wildman–Crippen LogP) is 6.41. The predicted molar refractivity (Wildman–Crippen MR) is 119 cm³/mol. The molecule has 0 aliphatic rings. The fraction of sp³-hybridized carbons (Fsp3) is 0.130. The van der Waals surface area contributed by atoms with Gasteiger partial charge in [0.05, 0.1) is 22.3 Å². The van der Waals surface area contributed by atoms with Crippen LogP contribution < -0.4 is 22.1 Å². The normalized spacial score (nSPS) is 12.2. The molecule has 3 aromatic carbocycles. The Balaban J connectivity index is 1.92. The topological polar surface area (TPSA) is 110 Å². The highest BCUT2D eigenvalue weighted by molar-refractivity contribution is 6.08. The molecule has 2 amide bonds. The zero-order chi connectivity index (χ0) is 28.6. The van der Waals surface area contributed by atoms with E-state index in [1.807, 2.05) is 10.6 Å². The molecule has 3 aromatic rings. The summed E-state index contributed by atoms with van der Waals surface area (Å²) in [7, 11) is 0. The van der Waals surface area contributed by atoms with Gasteiger partial charge in [-0.25, -0.2) is 0 Å². The van der Waals surface area contributed by atoms with E-state index in [9.17, 15) is 49.1 Å². The van der Waals surface area contributed by atoms with E-state index in [2.05, 4.69) is 0 Å². The van der Waals surface area contributed by atoms with Crippen LogP contribution >= 0.6 is 0 Å². The molecule has 202 valence electrons. The van der Waals surface area contributed by atoms with Gasteiger partial charge in [-0.1, -0.05) is 0 Å². The minimum Gasteiger partial charge on any atom is -0.398 e. The molecule has 0 heterocycles. The first kappa shape index (κ1) is 28.1. The summed E-state index contributed by atoms with van der Waals surface area (Å²) >= 11 is 0. The van der Waals surface area contributed by atoms with Gasteiger partial charge in [0, 0.05) is 28.3 Å². The molecule has 0 aromatic heterocycles. The van der Waals surface area contributed by atoms with E-state index in [4.69, 9.17) is 11.5 Å². The fourth-order valence-electron chi connectivity index (χ4n) is 3.28. The Kier molecular flexibility index (Phi) is 7.25. The van der Waals surface area contributed by atoms with E-state index in [1.165, 1.54) is 0 Å². The van der Waals surface area contributed by atoms with Gasteiger partial charge in [0.15, 0.2) is 0 Å².